The van der Waals surface area contributed by atoms with Crippen LogP contribution >= 0.6 is 11.3 Å². The van der Waals surface area contributed by atoms with Crippen molar-refractivity contribution >= 4 is 38.1 Å². The number of thiophene rings is 1. The number of sulfonamides is 1. The van der Waals surface area contributed by atoms with Gasteiger partial charge in [0, 0.05) is 56.3 Å². The van der Waals surface area contributed by atoms with Crippen molar-refractivity contribution in [1.82, 2.24) is 29.2 Å². The number of nitrogens with zero attached hydrogens (tertiary/aromatic N) is 6. The lowest BCUT2D eigenvalue weighted by Gasteiger charge is -2.35. The molecule has 1 N–H and O–H groups in total. The van der Waals surface area contributed by atoms with Crippen LogP contribution in [0.25, 0.3) is 21.5 Å². The summed E-state index contributed by atoms with van der Waals surface area (Å²) in [4.78, 5) is 14.3. The van der Waals surface area contributed by atoms with Crippen molar-refractivity contribution < 1.29 is 12.9 Å². The Kier molecular flexibility index (Phi) is 8.01. The first kappa shape index (κ1) is 27.7. The van der Waals surface area contributed by atoms with Crippen LogP contribution in [0, 0.1) is 13.8 Å². The summed E-state index contributed by atoms with van der Waals surface area (Å²) in [6, 6.07) is 9.79. The molecule has 1 fully saturated rings. The molecular formula is C27H35N7O3S2. The molecule has 0 unspecified atom stereocenters. The van der Waals surface area contributed by atoms with Gasteiger partial charge in [0.1, 0.15) is 16.4 Å². The molecule has 1 saturated heterocycles. The zero-order valence-corrected chi connectivity index (χ0v) is 24.6. The highest BCUT2D eigenvalue weighted by Gasteiger charge is 2.31. The van der Waals surface area contributed by atoms with Crippen LogP contribution in [0.1, 0.15) is 23.7 Å². The van der Waals surface area contributed by atoms with E-state index in [2.05, 4.69) is 43.2 Å². The molecule has 0 radical (unpaired) electrons. The molecular weight excluding hydrogens is 534 g/mol. The molecule has 1 atom stereocenters. The third kappa shape index (κ3) is 5.85. The van der Waals surface area contributed by atoms with Gasteiger partial charge in [-0.15, -0.1) is 11.3 Å². The quantitative estimate of drug-likeness (QED) is 0.322. The Morgan fingerprint density at radius 3 is 2.56 bits per heavy atom. The van der Waals surface area contributed by atoms with Crippen molar-refractivity contribution in [3.63, 3.8) is 0 Å². The first-order valence-corrected chi connectivity index (χ1v) is 15.3. The highest BCUT2D eigenvalue weighted by molar-refractivity contribution is 7.91. The fourth-order valence-electron chi connectivity index (χ4n) is 4.90. The molecule has 0 saturated carbocycles. The number of benzene rings is 1. The van der Waals surface area contributed by atoms with Gasteiger partial charge >= 0.3 is 0 Å². The predicted octanol–water partition coefficient (Wildman–Crippen LogP) is 3.83. The summed E-state index contributed by atoms with van der Waals surface area (Å²) in [7, 11) is 0.526. The molecule has 10 nitrogen and oxygen atoms in total. The van der Waals surface area contributed by atoms with Gasteiger partial charge in [0.05, 0.1) is 16.1 Å². The lowest BCUT2D eigenvalue weighted by atomic mass is 10.1. The molecule has 39 heavy (non-hydrogen) atoms. The summed E-state index contributed by atoms with van der Waals surface area (Å²) >= 11 is 1.23. The molecule has 12 heteroatoms. The van der Waals surface area contributed by atoms with E-state index in [1.807, 2.05) is 40.1 Å². The third-order valence-corrected chi connectivity index (χ3v) is 10.5. The highest BCUT2D eigenvalue weighted by atomic mass is 32.2. The molecule has 1 aromatic carbocycles. The second-order valence-electron chi connectivity index (χ2n) is 10.4. The highest BCUT2D eigenvalue weighted by Crippen LogP contribution is 2.35. The lowest BCUT2D eigenvalue weighted by Crippen LogP contribution is -2.50. The van der Waals surface area contributed by atoms with E-state index < -0.39 is 10.0 Å². The van der Waals surface area contributed by atoms with Crippen LogP contribution < -0.4 is 5.32 Å². The van der Waals surface area contributed by atoms with Crippen molar-refractivity contribution in [2.45, 2.75) is 37.6 Å². The first-order chi connectivity index (χ1) is 18.6. The molecule has 208 valence electrons. The van der Waals surface area contributed by atoms with Crippen LogP contribution in [0.3, 0.4) is 0 Å². The van der Waals surface area contributed by atoms with E-state index in [9.17, 15) is 8.42 Å². The standard InChI is InChI=1S/C27H35N7O3S2/c1-18(30-27-22-8-6-7-21(16-32(4)5)25(22)28-17-29-27)15-33-11-13-34(14-12-33)39(35,36)24-10-9-23(38-24)26-19(2)20(3)31-37-26/h6-10,17-18H,11-16H2,1-5H3,(H,28,29,30)/t18-/m0/s1. The van der Waals surface area contributed by atoms with Crippen molar-refractivity contribution in [2.75, 3.05) is 52.1 Å². The van der Waals surface area contributed by atoms with Crippen LogP contribution in [-0.4, -0.2) is 90.5 Å². The number of hydrogen-bond acceptors (Lipinski definition) is 10. The number of piperazine rings is 1. The van der Waals surface area contributed by atoms with Crippen LogP contribution in [0.15, 0.2) is 45.4 Å². The summed E-state index contributed by atoms with van der Waals surface area (Å²) < 4.78 is 34.0. The summed E-state index contributed by atoms with van der Waals surface area (Å²) in [6.07, 6.45) is 1.61. The molecule has 4 aromatic rings. The lowest BCUT2D eigenvalue weighted by molar-refractivity contribution is 0.184. The van der Waals surface area contributed by atoms with E-state index in [-0.39, 0.29) is 6.04 Å². The van der Waals surface area contributed by atoms with Crippen molar-refractivity contribution in [3.8, 4) is 10.6 Å². The topological polar surface area (TPSA) is 108 Å². The van der Waals surface area contributed by atoms with E-state index >= 15 is 0 Å². The van der Waals surface area contributed by atoms with Crippen LogP contribution in [0.2, 0.25) is 0 Å². The van der Waals surface area contributed by atoms with Gasteiger partial charge in [-0.05, 0) is 58.6 Å². The minimum atomic E-state index is -3.57. The number of fused-ring (bicyclic) bond motifs is 1. The largest absolute Gasteiger partial charge is 0.366 e. The van der Waals surface area contributed by atoms with Crippen LogP contribution in [-0.2, 0) is 16.6 Å². The minimum Gasteiger partial charge on any atom is -0.366 e. The van der Waals surface area contributed by atoms with Crippen LogP contribution in [0.5, 0.6) is 0 Å². The molecule has 5 rings (SSSR count). The monoisotopic (exact) mass is 569 g/mol. The Hall–Kier alpha value is -2.90. The second-order valence-corrected chi connectivity index (χ2v) is 13.6. The Balaban J connectivity index is 1.20. The fourth-order valence-corrected chi connectivity index (χ4v) is 7.82. The van der Waals surface area contributed by atoms with Crippen LogP contribution in [0.4, 0.5) is 5.82 Å². The van der Waals surface area contributed by atoms with Gasteiger partial charge in [-0.2, -0.15) is 4.31 Å². The van der Waals surface area contributed by atoms with Gasteiger partial charge in [0.25, 0.3) is 10.0 Å². The van der Waals surface area contributed by atoms with E-state index in [0.29, 0.717) is 36.1 Å². The summed E-state index contributed by atoms with van der Waals surface area (Å²) in [5.74, 6) is 1.45. The normalized spacial score (nSPS) is 16.3. The molecule has 0 spiro atoms. The van der Waals surface area contributed by atoms with E-state index in [1.165, 1.54) is 11.3 Å². The summed E-state index contributed by atoms with van der Waals surface area (Å²) in [5.41, 5.74) is 3.86. The average Bonchev–Trinajstić information content (AvgIpc) is 3.52. The van der Waals surface area contributed by atoms with Crippen molar-refractivity contribution in [3.05, 3.63) is 53.5 Å². The summed E-state index contributed by atoms with van der Waals surface area (Å²) in [6.45, 7) is 9.76. The number of anilines is 1. The SMILES string of the molecule is Cc1noc(-c2ccc(S(=O)(=O)N3CCN(C[C@H](C)Nc4ncnc5c(CN(C)C)cccc45)CC3)s2)c1C. The fraction of sp³-hybridized carbons (Fsp3) is 0.444. The smallest absolute Gasteiger partial charge is 0.252 e. The Morgan fingerprint density at radius 1 is 1.10 bits per heavy atom. The van der Waals surface area contributed by atoms with E-state index in [1.54, 1.807) is 22.8 Å². The van der Waals surface area contributed by atoms with Crippen molar-refractivity contribution in [2.24, 2.45) is 0 Å². The Labute approximate surface area is 233 Å². The number of rotatable bonds is 9. The third-order valence-electron chi connectivity index (χ3n) is 7.04. The van der Waals surface area contributed by atoms with Gasteiger partial charge in [0.2, 0.25) is 0 Å². The predicted molar refractivity (Wildman–Crippen MR) is 155 cm³/mol. The molecule has 1 aliphatic heterocycles. The Bertz CT molecular complexity index is 1560. The van der Waals surface area contributed by atoms with E-state index in [4.69, 9.17) is 4.52 Å². The number of aromatic nitrogens is 3. The average molecular weight is 570 g/mol. The summed E-state index contributed by atoms with van der Waals surface area (Å²) in [5, 5.41) is 8.55. The molecule has 0 aliphatic carbocycles. The zero-order valence-electron chi connectivity index (χ0n) is 23.0. The zero-order chi connectivity index (χ0) is 27.7. The van der Waals surface area contributed by atoms with Gasteiger partial charge in [-0.3, -0.25) is 4.90 Å². The Morgan fingerprint density at radius 2 is 1.87 bits per heavy atom. The van der Waals surface area contributed by atoms with E-state index in [0.717, 1.165) is 51.5 Å². The molecule has 3 aromatic heterocycles. The van der Waals surface area contributed by atoms with Gasteiger partial charge in [-0.25, -0.2) is 18.4 Å². The number of aryl methyl sites for hydroxylation is 1. The maximum Gasteiger partial charge on any atom is 0.252 e. The van der Waals surface area contributed by atoms with Gasteiger partial charge in [-0.1, -0.05) is 17.3 Å². The maximum absolute atomic E-state index is 13.4. The van der Waals surface area contributed by atoms with Gasteiger partial charge < -0.3 is 14.7 Å². The number of para-hydroxylation sites is 1. The molecule has 1 aliphatic rings. The van der Waals surface area contributed by atoms with Gasteiger partial charge in [0.15, 0.2) is 5.76 Å². The second kappa shape index (κ2) is 11.3. The molecule has 0 amide bonds. The number of nitrogens with one attached hydrogen (secondary N) is 1. The van der Waals surface area contributed by atoms with Crippen molar-refractivity contribution in [1.29, 1.82) is 0 Å². The first-order valence-electron chi connectivity index (χ1n) is 13.0. The molecule has 0 bridgehead atoms. The number of hydrogen-bond donors (Lipinski definition) is 1. The molecule has 4 heterocycles. The maximum atomic E-state index is 13.4. The minimum absolute atomic E-state index is 0.122.